The lowest BCUT2D eigenvalue weighted by Gasteiger charge is -2.41. The first-order chi connectivity index (χ1) is 26.1. The standard InChI is InChI=1S/C43H67N5O6S/c1-11-30(6)41(47(9)43(53)39(28(2)3)45-42(52)40(29(4)5)46(7)8)34(54-10)26-38(51)48-25-17-20-32(48)36(55-35-22-16-15-21-33(35)49)27-37(50)44-24-23-31-18-13-12-14-19-31/h12-16,18-19,21-22,28-30,32,34,36,39-41,49H,11,17,20,23-27H2,1-10H3,(H,44,50)(H,45,52). The average Bonchev–Trinajstić information content (AvgIpc) is 3.64. The molecule has 2 aromatic rings. The Balaban J connectivity index is 1.82. The Hall–Kier alpha value is -3.61. The molecule has 306 valence electrons. The maximum Gasteiger partial charge on any atom is 0.245 e. The molecule has 0 radical (unpaired) electrons. The summed E-state index contributed by atoms with van der Waals surface area (Å²) in [5, 5.41) is 16.5. The number of benzene rings is 2. The number of amides is 4. The minimum absolute atomic E-state index is 0.0151. The Morgan fingerprint density at radius 3 is 2.18 bits per heavy atom. The Labute approximate surface area is 334 Å². The summed E-state index contributed by atoms with van der Waals surface area (Å²) in [7, 11) is 7.05. The van der Waals surface area contributed by atoms with E-state index in [1.807, 2.05) is 94.1 Å². The molecule has 0 aromatic heterocycles. The van der Waals surface area contributed by atoms with Crippen molar-refractivity contribution in [3.8, 4) is 5.75 Å². The van der Waals surface area contributed by atoms with Crippen LogP contribution in [0, 0.1) is 17.8 Å². The highest BCUT2D eigenvalue weighted by atomic mass is 32.2. The molecule has 0 aliphatic carbocycles. The Morgan fingerprint density at radius 1 is 0.945 bits per heavy atom. The first-order valence-corrected chi connectivity index (χ1v) is 20.8. The predicted octanol–water partition coefficient (Wildman–Crippen LogP) is 5.60. The molecule has 3 N–H and O–H groups in total. The maximum atomic E-state index is 14.4. The second-order valence-corrected chi connectivity index (χ2v) is 17.2. The third kappa shape index (κ3) is 13.0. The Kier molecular flexibility index (Phi) is 18.5. The van der Waals surface area contributed by atoms with Crippen LogP contribution in [-0.2, 0) is 30.3 Å². The zero-order chi connectivity index (χ0) is 40.8. The molecule has 11 nitrogen and oxygen atoms in total. The van der Waals surface area contributed by atoms with Crippen LogP contribution in [-0.4, -0.2) is 120 Å². The van der Waals surface area contributed by atoms with E-state index in [-0.39, 0.29) is 71.3 Å². The van der Waals surface area contributed by atoms with Crippen molar-refractivity contribution in [1.29, 1.82) is 0 Å². The summed E-state index contributed by atoms with van der Waals surface area (Å²) in [4.78, 5) is 61.6. The molecule has 7 unspecified atom stereocenters. The van der Waals surface area contributed by atoms with Gasteiger partial charge in [-0.3, -0.25) is 24.1 Å². The molecule has 1 heterocycles. The van der Waals surface area contributed by atoms with Crippen LogP contribution in [0.25, 0.3) is 0 Å². The average molecular weight is 782 g/mol. The van der Waals surface area contributed by atoms with Crippen LogP contribution >= 0.6 is 11.8 Å². The van der Waals surface area contributed by atoms with Gasteiger partial charge in [-0.05, 0) is 68.8 Å². The van der Waals surface area contributed by atoms with E-state index in [2.05, 4.69) is 24.5 Å². The number of likely N-dealkylation sites (N-methyl/N-ethyl adjacent to an activating group) is 2. The van der Waals surface area contributed by atoms with Crippen molar-refractivity contribution in [2.24, 2.45) is 17.8 Å². The van der Waals surface area contributed by atoms with Crippen LogP contribution in [0.4, 0.5) is 0 Å². The number of rotatable bonds is 21. The number of phenolic OH excluding ortho intramolecular Hbond substituents is 1. The van der Waals surface area contributed by atoms with Gasteiger partial charge in [-0.1, -0.05) is 90.4 Å². The summed E-state index contributed by atoms with van der Waals surface area (Å²) in [6, 6.07) is 15.2. The van der Waals surface area contributed by atoms with Crippen molar-refractivity contribution < 1.29 is 29.0 Å². The first kappa shape index (κ1) is 45.8. The topological polar surface area (TPSA) is 132 Å². The molecule has 55 heavy (non-hydrogen) atoms. The van der Waals surface area contributed by atoms with Crippen molar-refractivity contribution in [3.05, 3.63) is 60.2 Å². The number of hydrogen-bond donors (Lipinski definition) is 3. The molecular formula is C43H67N5O6S. The number of carbonyl (C=O) groups excluding carboxylic acids is 4. The third-order valence-corrected chi connectivity index (χ3v) is 12.3. The summed E-state index contributed by atoms with van der Waals surface area (Å²) in [6.07, 6.45) is 2.58. The molecular weight excluding hydrogens is 715 g/mol. The van der Waals surface area contributed by atoms with E-state index >= 15 is 0 Å². The second-order valence-electron chi connectivity index (χ2n) is 15.9. The van der Waals surface area contributed by atoms with Gasteiger partial charge in [-0.2, -0.15) is 0 Å². The van der Waals surface area contributed by atoms with Crippen LogP contribution in [0.15, 0.2) is 59.5 Å². The summed E-state index contributed by atoms with van der Waals surface area (Å²) in [5.74, 6) is -0.624. The molecule has 3 rings (SSSR count). The zero-order valence-electron chi connectivity index (χ0n) is 34.8. The number of carbonyl (C=O) groups is 4. The fourth-order valence-corrected chi connectivity index (χ4v) is 9.18. The lowest BCUT2D eigenvalue weighted by atomic mass is 9.89. The van der Waals surface area contributed by atoms with E-state index in [0.717, 1.165) is 24.8 Å². The smallest absolute Gasteiger partial charge is 0.245 e. The monoisotopic (exact) mass is 781 g/mol. The van der Waals surface area contributed by atoms with Gasteiger partial charge >= 0.3 is 0 Å². The number of phenols is 1. The van der Waals surface area contributed by atoms with Gasteiger partial charge in [-0.25, -0.2) is 0 Å². The van der Waals surface area contributed by atoms with Gasteiger partial charge in [0.1, 0.15) is 11.8 Å². The van der Waals surface area contributed by atoms with E-state index in [4.69, 9.17) is 4.74 Å². The van der Waals surface area contributed by atoms with Crippen molar-refractivity contribution >= 4 is 35.4 Å². The minimum atomic E-state index is -0.757. The highest BCUT2D eigenvalue weighted by Gasteiger charge is 2.42. The molecule has 7 atom stereocenters. The number of para-hydroxylation sites is 1. The fraction of sp³-hybridized carbons (Fsp3) is 0.628. The highest BCUT2D eigenvalue weighted by molar-refractivity contribution is 8.00. The van der Waals surface area contributed by atoms with Crippen molar-refractivity contribution in [2.45, 2.75) is 120 Å². The number of methoxy groups -OCH3 is 1. The summed E-state index contributed by atoms with van der Waals surface area (Å²) in [6.45, 7) is 13.0. The molecule has 1 saturated heterocycles. The van der Waals surface area contributed by atoms with Gasteiger partial charge in [0.15, 0.2) is 0 Å². The van der Waals surface area contributed by atoms with Gasteiger partial charge in [0.05, 0.1) is 24.6 Å². The number of ether oxygens (including phenoxy) is 1. The summed E-state index contributed by atoms with van der Waals surface area (Å²) >= 11 is 1.43. The number of likely N-dealkylation sites (tertiary alicyclic amines) is 1. The van der Waals surface area contributed by atoms with Crippen LogP contribution in [0.2, 0.25) is 0 Å². The maximum absolute atomic E-state index is 14.4. The highest BCUT2D eigenvalue weighted by Crippen LogP contribution is 2.38. The Morgan fingerprint density at radius 2 is 1.60 bits per heavy atom. The van der Waals surface area contributed by atoms with Gasteiger partial charge in [-0.15, -0.1) is 11.8 Å². The number of hydrogen-bond acceptors (Lipinski definition) is 8. The lowest BCUT2D eigenvalue weighted by Crippen LogP contribution is -2.59. The number of nitrogens with one attached hydrogen (secondary N) is 2. The number of thioether (sulfide) groups is 1. The van der Waals surface area contributed by atoms with Crippen LogP contribution in [0.5, 0.6) is 5.75 Å². The van der Waals surface area contributed by atoms with Crippen molar-refractivity contribution in [3.63, 3.8) is 0 Å². The molecule has 1 aliphatic rings. The molecule has 1 fully saturated rings. The fourth-order valence-electron chi connectivity index (χ4n) is 7.83. The summed E-state index contributed by atoms with van der Waals surface area (Å²) in [5.41, 5.74) is 1.14. The van der Waals surface area contributed by atoms with Crippen molar-refractivity contribution in [1.82, 2.24) is 25.3 Å². The predicted molar refractivity (Wildman–Crippen MR) is 221 cm³/mol. The first-order valence-electron chi connectivity index (χ1n) is 19.9. The Bertz CT molecular complexity index is 1520. The molecule has 4 amide bonds. The zero-order valence-corrected chi connectivity index (χ0v) is 35.6. The largest absolute Gasteiger partial charge is 0.507 e. The molecule has 0 saturated carbocycles. The van der Waals surface area contributed by atoms with Crippen LogP contribution < -0.4 is 10.6 Å². The minimum Gasteiger partial charge on any atom is -0.507 e. The van der Waals surface area contributed by atoms with E-state index in [9.17, 15) is 24.3 Å². The van der Waals surface area contributed by atoms with Gasteiger partial charge < -0.3 is 30.3 Å². The van der Waals surface area contributed by atoms with E-state index in [0.29, 0.717) is 24.4 Å². The third-order valence-electron chi connectivity index (χ3n) is 10.9. The lowest BCUT2D eigenvalue weighted by molar-refractivity contribution is -0.146. The van der Waals surface area contributed by atoms with Gasteiger partial charge in [0.2, 0.25) is 23.6 Å². The van der Waals surface area contributed by atoms with Crippen molar-refractivity contribution in [2.75, 3.05) is 41.3 Å². The molecule has 1 aliphatic heterocycles. The van der Waals surface area contributed by atoms with Crippen LogP contribution in [0.1, 0.15) is 79.2 Å². The van der Waals surface area contributed by atoms with E-state index < -0.39 is 24.2 Å². The molecule has 12 heteroatoms. The summed E-state index contributed by atoms with van der Waals surface area (Å²) < 4.78 is 6.07. The normalized spacial score (nSPS) is 17.8. The van der Waals surface area contributed by atoms with Gasteiger partial charge in [0, 0.05) is 49.9 Å². The molecule has 0 spiro atoms. The number of nitrogens with zero attached hydrogens (tertiary/aromatic N) is 3. The second kappa shape index (κ2) is 22.2. The van der Waals surface area contributed by atoms with Crippen LogP contribution in [0.3, 0.4) is 0 Å². The SMILES string of the molecule is CCC(C)C(C(CC(=O)N1CCCC1C(CC(=O)NCCc1ccccc1)Sc1ccccc1O)OC)N(C)C(=O)C(NC(=O)C(C(C)C)N(C)C)C(C)C. The number of aromatic hydroxyl groups is 1. The molecule has 0 bridgehead atoms. The van der Waals surface area contributed by atoms with Gasteiger partial charge in [0.25, 0.3) is 0 Å². The van der Waals surface area contributed by atoms with E-state index in [1.54, 1.807) is 31.2 Å². The molecule has 2 aromatic carbocycles. The van der Waals surface area contributed by atoms with E-state index in [1.165, 1.54) is 11.8 Å². The quantitative estimate of drug-likeness (QED) is 0.140.